The number of nitro groups is 1. The predicted octanol–water partition coefficient (Wildman–Crippen LogP) is -0.0905. The number of rotatable bonds is 10. The van der Waals surface area contributed by atoms with Gasteiger partial charge in [0.1, 0.15) is 12.6 Å². The van der Waals surface area contributed by atoms with Crippen molar-refractivity contribution in [1.29, 1.82) is 0 Å². The van der Waals surface area contributed by atoms with E-state index >= 15 is 0 Å². The van der Waals surface area contributed by atoms with Gasteiger partial charge in [0, 0.05) is 19.6 Å². The summed E-state index contributed by atoms with van der Waals surface area (Å²) in [5.74, 6) is -2.39. The first kappa shape index (κ1) is 19.5. The maximum Gasteiger partial charge on any atom is 0.305 e. The summed E-state index contributed by atoms with van der Waals surface area (Å²) in [6.07, 6.45) is -0.111. The lowest BCUT2D eigenvalue weighted by Crippen LogP contribution is -2.47. The Bertz CT molecular complexity index is 610. The summed E-state index contributed by atoms with van der Waals surface area (Å²) in [7, 11) is 1.48. The molecule has 0 radical (unpaired) electrons. The second kappa shape index (κ2) is 9.53. The number of hydrogen-bond donors (Lipinski definition) is 2. The molecule has 0 aliphatic heterocycles. The van der Waals surface area contributed by atoms with Crippen LogP contribution >= 0.6 is 0 Å². The minimum absolute atomic E-state index is 0.111. The molecule has 1 atom stereocenters. The molecule has 0 heterocycles. The van der Waals surface area contributed by atoms with Crippen LogP contribution < -0.4 is 11.1 Å². The standard InChI is InChI=1S/C14H18FN3O6/c1-23-4-5-24-8-13(19)17-11(14(16)20)6-9-2-3-10(15)12(7-9)18(21)22/h2-3,7,11H,4-6,8H2,1H3,(H2,16,20)(H,17,19)/t11-/m1/s1. The number of halogens is 1. The summed E-state index contributed by atoms with van der Waals surface area (Å²) in [5, 5.41) is 13.1. The molecule has 0 fully saturated rings. The first-order valence-electron chi connectivity index (χ1n) is 6.93. The largest absolute Gasteiger partial charge is 0.382 e. The Balaban J connectivity index is 2.70. The Morgan fingerprint density at radius 1 is 1.42 bits per heavy atom. The number of nitrogens with zero attached hydrogens (tertiary/aromatic N) is 1. The minimum atomic E-state index is -1.10. The Morgan fingerprint density at radius 3 is 2.71 bits per heavy atom. The van der Waals surface area contributed by atoms with E-state index in [0.717, 1.165) is 12.1 Å². The van der Waals surface area contributed by atoms with E-state index < -0.39 is 34.3 Å². The second-order valence-electron chi connectivity index (χ2n) is 4.81. The highest BCUT2D eigenvalue weighted by atomic mass is 19.1. The van der Waals surface area contributed by atoms with Crippen molar-refractivity contribution in [2.45, 2.75) is 12.5 Å². The van der Waals surface area contributed by atoms with Crippen LogP contribution in [-0.4, -0.2) is 49.7 Å². The monoisotopic (exact) mass is 343 g/mol. The van der Waals surface area contributed by atoms with Gasteiger partial charge in [-0.25, -0.2) is 0 Å². The number of primary amides is 1. The van der Waals surface area contributed by atoms with Crippen LogP contribution in [0.1, 0.15) is 5.56 Å². The van der Waals surface area contributed by atoms with E-state index in [1.807, 2.05) is 0 Å². The van der Waals surface area contributed by atoms with Crippen molar-refractivity contribution in [3.05, 3.63) is 39.7 Å². The van der Waals surface area contributed by atoms with Crippen molar-refractivity contribution in [2.75, 3.05) is 26.9 Å². The van der Waals surface area contributed by atoms with Gasteiger partial charge in [0.2, 0.25) is 17.6 Å². The van der Waals surface area contributed by atoms with Gasteiger partial charge in [-0.15, -0.1) is 0 Å². The van der Waals surface area contributed by atoms with Crippen molar-refractivity contribution in [3.8, 4) is 0 Å². The molecule has 24 heavy (non-hydrogen) atoms. The molecule has 2 amide bonds. The summed E-state index contributed by atoms with van der Waals surface area (Å²) in [5.41, 5.74) is 4.78. The molecule has 0 bridgehead atoms. The summed E-state index contributed by atoms with van der Waals surface area (Å²) in [6.45, 7) is 0.220. The number of nitrogens with one attached hydrogen (secondary N) is 1. The van der Waals surface area contributed by atoms with Gasteiger partial charge in [0.15, 0.2) is 0 Å². The first-order valence-corrected chi connectivity index (χ1v) is 6.93. The summed E-state index contributed by atoms with van der Waals surface area (Å²) >= 11 is 0. The third-order valence-corrected chi connectivity index (χ3v) is 2.99. The van der Waals surface area contributed by atoms with E-state index in [4.69, 9.17) is 15.2 Å². The van der Waals surface area contributed by atoms with E-state index in [9.17, 15) is 24.1 Å². The van der Waals surface area contributed by atoms with Gasteiger partial charge in [-0.2, -0.15) is 4.39 Å². The minimum Gasteiger partial charge on any atom is -0.382 e. The maximum absolute atomic E-state index is 13.3. The van der Waals surface area contributed by atoms with Crippen LogP contribution in [0.5, 0.6) is 0 Å². The molecule has 0 spiro atoms. The van der Waals surface area contributed by atoms with E-state index in [-0.39, 0.29) is 25.2 Å². The van der Waals surface area contributed by atoms with E-state index in [2.05, 4.69) is 5.32 Å². The maximum atomic E-state index is 13.3. The van der Waals surface area contributed by atoms with Gasteiger partial charge in [-0.1, -0.05) is 6.07 Å². The van der Waals surface area contributed by atoms with Crippen molar-refractivity contribution in [3.63, 3.8) is 0 Å². The lowest BCUT2D eigenvalue weighted by molar-refractivity contribution is -0.387. The molecule has 1 aromatic rings. The van der Waals surface area contributed by atoms with Gasteiger partial charge in [0.25, 0.3) is 0 Å². The average molecular weight is 343 g/mol. The van der Waals surface area contributed by atoms with Gasteiger partial charge < -0.3 is 20.5 Å². The molecule has 0 unspecified atom stereocenters. The van der Waals surface area contributed by atoms with Gasteiger partial charge >= 0.3 is 5.69 Å². The van der Waals surface area contributed by atoms with Crippen molar-refractivity contribution < 1.29 is 28.4 Å². The molecular formula is C14H18FN3O6. The van der Waals surface area contributed by atoms with Gasteiger partial charge in [-0.3, -0.25) is 19.7 Å². The third-order valence-electron chi connectivity index (χ3n) is 2.99. The number of nitro benzene ring substituents is 1. The topological polar surface area (TPSA) is 134 Å². The van der Waals surface area contributed by atoms with Crippen LogP contribution in [-0.2, 0) is 25.5 Å². The molecule has 0 saturated carbocycles. The van der Waals surface area contributed by atoms with E-state index in [1.54, 1.807) is 0 Å². The lowest BCUT2D eigenvalue weighted by Gasteiger charge is -2.15. The SMILES string of the molecule is COCCOCC(=O)N[C@H](Cc1ccc(F)c([N+](=O)[O-])c1)C(N)=O. The van der Waals surface area contributed by atoms with Crippen molar-refractivity contribution in [2.24, 2.45) is 5.73 Å². The fourth-order valence-electron chi connectivity index (χ4n) is 1.83. The molecule has 10 heteroatoms. The van der Waals surface area contributed by atoms with Crippen molar-refractivity contribution >= 4 is 17.5 Å². The quantitative estimate of drug-likeness (QED) is 0.346. The number of hydrogen-bond acceptors (Lipinski definition) is 6. The van der Waals surface area contributed by atoms with Gasteiger partial charge in [-0.05, 0) is 11.6 Å². The molecular weight excluding hydrogens is 325 g/mol. The van der Waals surface area contributed by atoms with Crippen LogP contribution in [0, 0.1) is 15.9 Å². The van der Waals surface area contributed by atoms with Crippen LogP contribution in [0.4, 0.5) is 10.1 Å². The Kier molecular flexibility index (Phi) is 7.72. The molecule has 0 saturated heterocycles. The van der Waals surface area contributed by atoms with E-state index in [1.165, 1.54) is 13.2 Å². The third kappa shape index (κ3) is 6.26. The Hall–Kier alpha value is -2.59. The van der Waals surface area contributed by atoms with Crippen LogP contribution in [0.25, 0.3) is 0 Å². The molecule has 132 valence electrons. The highest BCUT2D eigenvalue weighted by Gasteiger charge is 2.21. The molecule has 0 aliphatic rings. The highest BCUT2D eigenvalue weighted by molar-refractivity contribution is 5.87. The van der Waals surface area contributed by atoms with Crippen LogP contribution in [0.2, 0.25) is 0 Å². The Morgan fingerprint density at radius 2 is 2.12 bits per heavy atom. The average Bonchev–Trinajstić information content (AvgIpc) is 2.52. The molecule has 3 N–H and O–H groups in total. The number of amides is 2. The molecule has 0 aliphatic carbocycles. The number of ether oxygens (including phenoxy) is 2. The normalized spacial score (nSPS) is 11.8. The van der Waals surface area contributed by atoms with Gasteiger partial charge in [0.05, 0.1) is 18.1 Å². The van der Waals surface area contributed by atoms with Crippen LogP contribution in [0.3, 0.4) is 0 Å². The van der Waals surface area contributed by atoms with E-state index in [0.29, 0.717) is 6.61 Å². The smallest absolute Gasteiger partial charge is 0.305 e. The molecule has 1 aromatic carbocycles. The number of carbonyl (C=O) groups excluding carboxylic acids is 2. The number of carbonyl (C=O) groups is 2. The fraction of sp³-hybridized carbons (Fsp3) is 0.429. The lowest BCUT2D eigenvalue weighted by atomic mass is 10.0. The summed E-state index contributed by atoms with van der Waals surface area (Å²) in [4.78, 5) is 33.0. The zero-order valence-electron chi connectivity index (χ0n) is 13.0. The zero-order chi connectivity index (χ0) is 18.1. The molecule has 1 rings (SSSR count). The fourth-order valence-corrected chi connectivity index (χ4v) is 1.83. The Labute approximate surface area is 137 Å². The summed E-state index contributed by atoms with van der Waals surface area (Å²) in [6, 6.07) is 2.08. The molecule has 9 nitrogen and oxygen atoms in total. The zero-order valence-corrected chi connectivity index (χ0v) is 13.0. The van der Waals surface area contributed by atoms with Crippen molar-refractivity contribution in [1.82, 2.24) is 5.32 Å². The number of nitrogens with two attached hydrogens (primary N) is 1. The highest BCUT2D eigenvalue weighted by Crippen LogP contribution is 2.19. The predicted molar refractivity (Wildman–Crippen MR) is 80.6 cm³/mol. The van der Waals surface area contributed by atoms with Crippen LogP contribution in [0.15, 0.2) is 18.2 Å². The molecule has 0 aromatic heterocycles. The second-order valence-corrected chi connectivity index (χ2v) is 4.81. The first-order chi connectivity index (χ1) is 11.3. The number of methoxy groups -OCH3 is 1. The summed E-state index contributed by atoms with van der Waals surface area (Å²) < 4.78 is 23.0. The number of benzene rings is 1.